The zero-order valence-corrected chi connectivity index (χ0v) is 9.98. The fourth-order valence-corrected chi connectivity index (χ4v) is 2.08. The van der Waals surface area contributed by atoms with Crippen LogP contribution in [-0.4, -0.2) is 74.1 Å². The zero-order chi connectivity index (χ0) is 12.1. The van der Waals surface area contributed by atoms with E-state index in [1.54, 1.807) is 9.80 Å². The number of morpholine rings is 1. The molecule has 2 aliphatic rings. The first-order valence-electron chi connectivity index (χ1n) is 6.11. The highest BCUT2D eigenvalue weighted by Crippen LogP contribution is 2.03. The van der Waals surface area contributed by atoms with Crippen molar-refractivity contribution >= 4 is 11.8 Å². The van der Waals surface area contributed by atoms with Crippen molar-refractivity contribution < 1.29 is 14.3 Å². The van der Waals surface area contributed by atoms with Crippen LogP contribution in [0.25, 0.3) is 0 Å². The molecular weight excluding hydrogens is 222 g/mol. The van der Waals surface area contributed by atoms with E-state index in [2.05, 4.69) is 5.32 Å². The molecule has 2 rings (SSSR count). The molecule has 0 atom stereocenters. The van der Waals surface area contributed by atoms with Gasteiger partial charge in [0.2, 0.25) is 11.8 Å². The van der Waals surface area contributed by atoms with Crippen molar-refractivity contribution in [3.05, 3.63) is 0 Å². The van der Waals surface area contributed by atoms with E-state index in [4.69, 9.17) is 4.74 Å². The second-order valence-corrected chi connectivity index (χ2v) is 4.30. The highest BCUT2D eigenvalue weighted by Gasteiger charge is 2.23. The largest absolute Gasteiger partial charge is 0.378 e. The summed E-state index contributed by atoms with van der Waals surface area (Å²) < 4.78 is 5.17. The molecule has 96 valence electrons. The summed E-state index contributed by atoms with van der Waals surface area (Å²) in [5.41, 5.74) is 0. The van der Waals surface area contributed by atoms with Crippen LogP contribution in [0.3, 0.4) is 0 Å². The molecule has 0 aliphatic carbocycles. The lowest BCUT2D eigenvalue weighted by Crippen LogP contribution is -2.48. The minimum atomic E-state index is -0.0724. The maximum absolute atomic E-state index is 11.9. The molecule has 2 aliphatic heterocycles. The van der Waals surface area contributed by atoms with Gasteiger partial charge in [-0.1, -0.05) is 0 Å². The van der Waals surface area contributed by atoms with Gasteiger partial charge in [-0.25, -0.2) is 0 Å². The molecule has 6 nitrogen and oxygen atoms in total. The smallest absolute Gasteiger partial charge is 0.232 e. The third-order valence-corrected chi connectivity index (χ3v) is 3.14. The van der Waals surface area contributed by atoms with Gasteiger partial charge in [-0.2, -0.15) is 0 Å². The van der Waals surface area contributed by atoms with Crippen molar-refractivity contribution in [1.29, 1.82) is 0 Å². The molecule has 17 heavy (non-hydrogen) atoms. The van der Waals surface area contributed by atoms with E-state index in [1.165, 1.54) is 0 Å². The van der Waals surface area contributed by atoms with Gasteiger partial charge >= 0.3 is 0 Å². The van der Waals surface area contributed by atoms with E-state index in [-0.39, 0.29) is 18.2 Å². The molecule has 1 N–H and O–H groups in total. The van der Waals surface area contributed by atoms with Crippen molar-refractivity contribution in [3.63, 3.8) is 0 Å². The highest BCUT2D eigenvalue weighted by molar-refractivity contribution is 5.97. The Bertz CT molecular complexity index is 256. The van der Waals surface area contributed by atoms with Crippen LogP contribution in [0.15, 0.2) is 0 Å². The molecule has 6 heteroatoms. The molecule has 0 spiro atoms. The van der Waals surface area contributed by atoms with Gasteiger partial charge in [-0.3, -0.25) is 9.59 Å². The summed E-state index contributed by atoms with van der Waals surface area (Å²) in [5.74, 6) is -0.125. The third kappa shape index (κ3) is 3.41. The van der Waals surface area contributed by atoms with Crippen LogP contribution in [0.1, 0.15) is 6.42 Å². The maximum atomic E-state index is 11.9. The zero-order valence-electron chi connectivity index (χ0n) is 9.98. The summed E-state index contributed by atoms with van der Waals surface area (Å²) >= 11 is 0. The Morgan fingerprint density at radius 3 is 2.06 bits per heavy atom. The fourth-order valence-electron chi connectivity index (χ4n) is 2.08. The minimum Gasteiger partial charge on any atom is -0.378 e. The lowest BCUT2D eigenvalue weighted by molar-refractivity contribution is -0.143. The molecule has 0 aromatic carbocycles. The molecule has 2 amide bonds. The molecule has 2 fully saturated rings. The summed E-state index contributed by atoms with van der Waals surface area (Å²) in [5, 5.41) is 3.18. The predicted molar refractivity (Wildman–Crippen MR) is 61.5 cm³/mol. The average molecular weight is 241 g/mol. The minimum absolute atomic E-state index is 0.000000000000000222. The normalized spacial score (nSPS) is 21.4. The summed E-state index contributed by atoms with van der Waals surface area (Å²) in [7, 11) is 0. The van der Waals surface area contributed by atoms with E-state index in [0.717, 1.165) is 13.1 Å². The van der Waals surface area contributed by atoms with Crippen molar-refractivity contribution in [2.75, 3.05) is 52.5 Å². The predicted octanol–water partition coefficient (Wildman–Crippen LogP) is -1.33. The van der Waals surface area contributed by atoms with E-state index in [9.17, 15) is 9.59 Å². The van der Waals surface area contributed by atoms with Crippen LogP contribution in [0.4, 0.5) is 0 Å². The fraction of sp³-hybridized carbons (Fsp3) is 0.818. The number of nitrogens with one attached hydrogen (secondary N) is 1. The second kappa shape index (κ2) is 5.97. The SMILES string of the molecule is O=C(CC(=O)N1CCOCC1)N1CCNCC1. The van der Waals surface area contributed by atoms with Gasteiger partial charge in [0.1, 0.15) is 6.42 Å². The number of hydrogen-bond acceptors (Lipinski definition) is 4. The van der Waals surface area contributed by atoms with Crippen LogP contribution < -0.4 is 5.32 Å². The van der Waals surface area contributed by atoms with Gasteiger partial charge in [-0.15, -0.1) is 0 Å². The number of piperazine rings is 1. The Kier molecular flexibility index (Phi) is 4.33. The molecule has 0 aromatic heterocycles. The standard InChI is InChI=1S/C11H19N3O3/c15-10(13-3-1-12-2-4-13)9-11(16)14-5-7-17-8-6-14/h12H,1-9H2. The Morgan fingerprint density at radius 1 is 0.941 bits per heavy atom. The molecule has 0 unspecified atom stereocenters. The number of hydrogen-bond donors (Lipinski definition) is 1. The van der Waals surface area contributed by atoms with Crippen LogP contribution >= 0.6 is 0 Å². The van der Waals surface area contributed by atoms with Crippen molar-refractivity contribution in [1.82, 2.24) is 15.1 Å². The second-order valence-electron chi connectivity index (χ2n) is 4.30. The summed E-state index contributed by atoms with van der Waals surface area (Å²) in [6.45, 7) is 5.40. The first-order valence-corrected chi connectivity index (χ1v) is 6.11. The van der Waals surface area contributed by atoms with E-state index in [1.807, 2.05) is 0 Å². The first-order chi connectivity index (χ1) is 8.27. The number of rotatable bonds is 2. The lowest BCUT2D eigenvalue weighted by atomic mass is 10.2. The van der Waals surface area contributed by atoms with E-state index < -0.39 is 0 Å². The van der Waals surface area contributed by atoms with Crippen LogP contribution in [0.5, 0.6) is 0 Å². The van der Waals surface area contributed by atoms with Crippen molar-refractivity contribution in [2.24, 2.45) is 0 Å². The van der Waals surface area contributed by atoms with Gasteiger partial charge in [-0.05, 0) is 0 Å². The number of carbonyl (C=O) groups excluding carboxylic acids is 2. The van der Waals surface area contributed by atoms with Crippen LogP contribution in [0.2, 0.25) is 0 Å². The van der Waals surface area contributed by atoms with Gasteiger partial charge < -0.3 is 19.9 Å². The van der Waals surface area contributed by atoms with Crippen LogP contribution in [-0.2, 0) is 14.3 Å². The van der Waals surface area contributed by atoms with E-state index in [0.29, 0.717) is 39.4 Å². The molecule has 0 saturated carbocycles. The average Bonchev–Trinajstić information content (AvgIpc) is 2.40. The Labute approximate surface area is 101 Å². The summed E-state index contributed by atoms with van der Waals surface area (Å²) in [4.78, 5) is 27.2. The van der Waals surface area contributed by atoms with E-state index >= 15 is 0 Å². The molecular formula is C11H19N3O3. The monoisotopic (exact) mass is 241 g/mol. The quantitative estimate of drug-likeness (QED) is 0.608. The van der Waals surface area contributed by atoms with Gasteiger partial charge in [0.05, 0.1) is 13.2 Å². The Morgan fingerprint density at radius 2 is 1.47 bits per heavy atom. The maximum Gasteiger partial charge on any atom is 0.232 e. The number of ether oxygens (including phenoxy) is 1. The molecule has 0 radical (unpaired) electrons. The Balaban J connectivity index is 1.78. The molecule has 2 heterocycles. The number of carbonyl (C=O) groups is 2. The van der Waals surface area contributed by atoms with Crippen LogP contribution in [0, 0.1) is 0 Å². The topological polar surface area (TPSA) is 61.9 Å². The number of nitrogens with zero attached hydrogens (tertiary/aromatic N) is 2. The summed E-state index contributed by atoms with van der Waals surface area (Å²) in [6, 6.07) is 0. The molecule has 0 bridgehead atoms. The van der Waals surface area contributed by atoms with Gasteiger partial charge in [0, 0.05) is 39.3 Å². The lowest BCUT2D eigenvalue weighted by Gasteiger charge is -2.30. The molecule has 0 aromatic rings. The molecule has 2 saturated heterocycles. The number of amides is 2. The van der Waals surface area contributed by atoms with Crippen molar-refractivity contribution in [2.45, 2.75) is 6.42 Å². The third-order valence-electron chi connectivity index (χ3n) is 3.14. The summed E-state index contributed by atoms with van der Waals surface area (Å²) in [6.07, 6.45) is -0.000000000000000222. The van der Waals surface area contributed by atoms with Crippen molar-refractivity contribution in [3.8, 4) is 0 Å². The Hall–Kier alpha value is -1.14. The van der Waals surface area contributed by atoms with Gasteiger partial charge in [0.25, 0.3) is 0 Å². The first kappa shape index (κ1) is 12.3. The van der Waals surface area contributed by atoms with Gasteiger partial charge in [0.15, 0.2) is 0 Å². The highest BCUT2D eigenvalue weighted by atomic mass is 16.5.